The van der Waals surface area contributed by atoms with Crippen molar-refractivity contribution >= 4 is 11.7 Å². The lowest BCUT2D eigenvalue weighted by Gasteiger charge is -2.36. The maximum atomic E-state index is 12.5. The summed E-state index contributed by atoms with van der Waals surface area (Å²) in [7, 11) is 0. The maximum Gasteiger partial charge on any atom is 0.223 e. The Morgan fingerprint density at radius 2 is 1.90 bits per heavy atom. The highest BCUT2D eigenvalue weighted by atomic mass is 16.2. The van der Waals surface area contributed by atoms with Gasteiger partial charge in [0.1, 0.15) is 5.78 Å². The average Bonchev–Trinajstić information content (AvgIpc) is 2.25. The zero-order chi connectivity index (χ0) is 15.3. The van der Waals surface area contributed by atoms with Gasteiger partial charge >= 0.3 is 0 Å². The van der Waals surface area contributed by atoms with Crippen LogP contribution >= 0.6 is 0 Å². The van der Waals surface area contributed by atoms with Crippen molar-refractivity contribution in [1.82, 2.24) is 4.90 Å². The molecule has 1 aliphatic heterocycles. The van der Waals surface area contributed by atoms with Crippen LogP contribution in [-0.4, -0.2) is 29.2 Å². The van der Waals surface area contributed by atoms with Crippen molar-refractivity contribution in [3.05, 3.63) is 0 Å². The molecule has 0 radical (unpaired) electrons. The van der Waals surface area contributed by atoms with Gasteiger partial charge in [-0.15, -0.1) is 0 Å². The fraction of sp³-hybridized carbons (Fsp3) is 0.882. The number of carbonyl (C=O) groups excluding carboxylic acids is 2. The Morgan fingerprint density at radius 3 is 2.45 bits per heavy atom. The molecule has 2 unspecified atom stereocenters. The second-order valence-corrected chi connectivity index (χ2v) is 7.72. The number of amides is 1. The normalized spacial score (nSPS) is 21.6. The fourth-order valence-electron chi connectivity index (χ4n) is 3.41. The molecule has 3 nitrogen and oxygen atoms in total. The van der Waals surface area contributed by atoms with Crippen LogP contribution in [0.5, 0.6) is 0 Å². The summed E-state index contributed by atoms with van der Waals surface area (Å²) in [5, 5.41) is 0. The third kappa shape index (κ3) is 6.06. The Hall–Kier alpha value is -0.860. The van der Waals surface area contributed by atoms with E-state index in [0.29, 0.717) is 18.8 Å². The lowest BCUT2D eigenvalue weighted by Crippen LogP contribution is -2.45. The Balaban J connectivity index is 2.57. The van der Waals surface area contributed by atoms with Crippen molar-refractivity contribution in [3.63, 3.8) is 0 Å². The van der Waals surface area contributed by atoms with E-state index in [-0.39, 0.29) is 23.1 Å². The Bertz CT molecular complexity index is 343. The molecule has 1 heterocycles. The third-order valence-electron chi connectivity index (χ3n) is 3.95. The SMILES string of the molecule is CC(=O)CC1CCCCN1C(=O)CC(C)CC(C)(C)C. The van der Waals surface area contributed by atoms with Crippen molar-refractivity contribution in [2.24, 2.45) is 11.3 Å². The molecule has 0 saturated carbocycles. The first kappa shape index (κ1) is 17.2. The van der Waals surface area contributed by atoms with Gasteiger partial charge in [0.15, 0.2) is 0 Å². The van der Waals surface area contributed by atoms with Gasteiger partial charge in [-0.2, -0.15) is 0 Å². The minimum atomic E-state index is 0.149. The number of nitrogens with zero attached hydrogens (tertiary/aromatic N) is 1. The van der Waals surface area contributed by atoms with Gasteiger partial charge in [0.05, 0.1) is 0 Å². The first-order valence-electron chi connectivity index (χ1n) is 7.98. The first-order chi connectivity index (χ1) is 9.19. The van der Waals surface area contributed by atoms with E-state index in [9.17, 15) is 9.59 Å². The molecule has 1 fully saturated rings. The Labute approximate surface area is 124 Å². The van der Waals surface area contributed by atoms with E-state index in [0.717, 1.165) is 32.2 Å². The van der Waals surface area contributed by atoms with Crippen LogP contribution in [0.25, 0.3) is 0 Å². The predicted molar refractivity (Wildman–Crippen MR) is 82.5 cm³/mol. The monoisotopic (exact) mass is 281 g/mol. The smallest absolute Gasteiger partial charge is 0.223 e. The number of piperidine rings is 1. The van der Waals surface area contributed by atoms with Gasteiger partial charge in [-0.25, -0.2) is 0 Å². The number of likely N-dealkylation sites (tertiary alicyclic amines) is 1. The zero-order valence-electron chi connectivity index (χ0n) is 13.9. The highest BCUT2D eigenvalue weighted by molar-refractivity contribution is 5.80. The molecule has 3 heteroatoms. The highest BCUT2D eigenvalue weighted by Gasteiger charge is 2.28. The summed E-state index contributed by atoms with van der Waals surface area (Å²) in [4.78, 5) is 25.8. The van der Waals surface area contributed by atoms with Gasteiger partial charge < -0.3 is 4.90 Å². The molecule has 1 aliphatic rings. The molecule has 20 heavy (non-hydrogen) atoms. The van der Waals surface area contributed by atoms with Gasteiger partial charge in [0.25, 0.3) is 0 Å². The van der Waals surface area contributed by atoms with Crippen LogP contribution in [0.4, 0.5) is 0 Å². The first-order valence-corrected chi connectivity index (χ1v) is 7.98. The average molecular weight is 281 g/mol. The Kier molecular flexibility index (Phi) is 6.22. The minimum Gasteiger partial charge on any atom is -0.339 e. The molecular weight excluding hydrogens is 250 g/mol. The van der Waals surface area contributed by atoms with E-state index in [2.05, 4.69) is 27.7 Å². The molecule has 1 saturated heterocycles. The van der Waals surface area contributed by atoms with Crippen LogP contribution in [0.15, 0.2) is 0 Å². The van der Waals surface area contributed by atoms with E-state index >= 15 is 0 Å². The van der Waals surface area contributed by atoms with Gasteiger partial charge in [-0.1, -0.05) is 27.7 Å². The molecule has 0 spiro atoms. The van der Waals surface area contributed by atoms with E-state index in [4.69, 9.17) is 0 Å². The summed E-state index contributed by atoms with van der Waals surface area (Å²) >= 11 is 0. The molecule has 0 N–H and O–H groups in total. The van der Waals surface area contributed by atoms with Gasteiger partial charge in [0, 0.05) is 25.4 Å². The molecule has 1 amide bonds. The van der Waals surface area contributed by atoms with Crippen LogP contribution in [0, 0.1) is 11.3 Å². The van der Waals surface area contributed by atoms with E-state index < -0.39 is 0 Å². The number of carbonyl (C=O) groups is 2. The van der Waals surface area contributed by atoms with Crippen LogP contribution in [0.1, 0.15) is 73.1 Å². The van der Waals surface area contributed by atoms with Gasteiger partial charge in [-0.3, -0.25) is 9.59 Å². The molecule has 2 atom stereocenters. The Morgan fingerprint density at radius 1 is 1.25 bits per heavy atom. The number of hydrogen-bond donors (Lipinski definition) is 0. The number of Topliss-reactive ketones (excluding diaryl/α,β-unsaturated/α-hetero) is 1. The number of ketones is 1. The number of rotatable bonds is 5. The van der Waals surface area contributed by atoms with E-state index in [1.165, 1.54) is 0 Å². The van der Waals surface area contributed by atoms with Gasteiger partial charge in [0.2, 0.25) is 5.91 Å². The van der Waals surface area contributed by atoms with Gasteiger partial charge in [-0.05, 0) is 43.9 Å². The van der Waals surface area contributed by atoms with Crippen molar-refractivity contribution in [2.75, 3.05) is 6.54 Å². The standard InChI is InChI=1S/C17H31NO2/c1-13(12-17(3,4)5)10-16(20)18-9-7-6-8-15(18)11-14(2)19/h13,15H,6-12H2,1-5H3. The molecular formula is C17H31NO2. The fourth-order valence-corrected chi connectivity index (χ4v) is 3.41. The summed E-state index contributed by atoms with van der Waals surface area (Å²) in [6, 6.07) is 0.149. The summed E-state index contributed by atoms with van der Waals surface area (Å²) < 4.78 is 0. The van der Waals surface area contributed by atoms with E-state index in [1.807, 2.05) is 4.90 Å². The molecule has 1 rings (SSSR count). The number of hydrogen-bond acceptors (Lipinski definition) is 2. The summed E-state index contributed by atoms with van der Waals surface area (Å²) in [6.45, 7) is 11.3. The molecule has 0 aromatic rings. The summed E-state index contributed by atoms with van der Waals surface area (Å²) in [6.07, 6.45) is 5.40. The molecule has 116 valence electrons. The molecule has 0 aromatic carbocycles. The second kappa shape index (κ2) is 7.24. The zero-order valence-corrected chi connectivity index (χ0v) is 13.9. The summed E-state index contributed by atoms with van der Waals surface area (Å²) in [5.74, 6) is 0.840. The predicted octanol–water partition coefficient (Wildman–Crippen LogP) is 3.81. The van der Waals surface area contributed by atoms with Crippen LogP contribution < -0.4 is 0 Å². The maximum absolute atomic E-state index is 12.5. The molecule has 0 bridgehead atoms. The minimum absolute atomic E-state index is 0.149. The van der Waals surface area contributed by atoms with Crippen LogP contribution in [0.2, 0.25) is 0 Å². The lowest BCUT2D eigenvalue weighted by molar-refractivity contribution is -0.136. The lowest BCUT2D eigenvalue weighted by atomic mass is 9.84. The second-order valence-electron chi connectivity index (χ2n) is 7.72. The largest absolute Gasteiger partial charge is 0.339 e. The topological polar surface area (TPSA) is 37.4 Å². The quantitative estimate of drug-likeness (QED) is 0.768. The molecule has 0 aromatic heterocycles. The molecule has 0 aliphatic carbocycles. The van der Waals surface area contributed by atoms with Crippen molar-refractivity contribution in [2.45, 2.75) is 79.2 Å². The van der Waals surface area contributed by atoms with Crippen molar-refractivity contribution in [3.8, 4) is 0 Å². The van der Waals surface area contributed by atoms with Crippen molar-refractivity contribution in [1.29, 1.82) is 0 Å². The summed E-state index contributed by atoms with van der Waals surface area (Å²) in [5.41, 5.74) is 0.264. The third-order valence-corrected chi connectivity index (χ3v) is 3.95. The van der Waals surface area contributed by atoms with E-state index in [1.54, 1.807) is 6.92 Å². The van der Waals surface area contributed by atoms with Crippen LogP contribution in [-0.2, 0) is 9.59 Å². The van der Waals surface area contributed by atoms with Crippen molar-refractivity contribution < 1.29 is 9.59 Å². The highest BCUT2D eigenvalue weighted by Crippen LogP contribution is 2.28. The van der Waals surface area contributed by atoms with Crippen LogP contribution in [0.3, 0.4) is 0 Å².